The molecule has 5 nitrogen and oxygen atoms in total. The van der Waals surface area contributed by atoms with Crippen LogP contribution < -0.4 is 5.32 Å². The maximum atomic E-state index is 5.63. The summed E-state index contributed by atoms with van der Waals surface area (Å²) in [6.45, 7) is 11.1. The summed E-state index contributed by atoms with van der Waals surface area (Å²) in [5.74, 6) is 0.716. The van der Waals surface area contributed by atoms with E-state index in [2.05, 4.69) is 36.1 Å². The van der Waals surface area contributed by atoms with Crippen LogP contribution in [0.2, 0.25) is 0 Å². The molecular formula is C13H23N3O2. The molecule has 0 aromatic carbocycles. The van der Waals surface area contributed by atoms with Crippen LogP contribution in [0.3, 0.4) is 0 Å². The van der Waals surface area contributed by atoms with Crippen LogP contribution in [-0.4, -0.2) is 50.2 Å². The number of nitrogens with one attached hydrogen (secondary N) is 1. The van der Waals surface area contributed by atoms with Crippen molar-refractivity contribution in [3.05, 3.63) is 0 Å². The first-order valence-corrected chi connectivity index (χ1v) is 6.54. The minimum atomic E-state index is -0.0179. The maximum Gasteiger partial charge on any atom is 0.206 e. The van der Waals surface area contributed by atoms with Crippen LogP contribution in [-0.2, 0) is 9.47 Å². The summed E-state index contributed by atoms with van der Waals surface area (Å²) < 4.78 is 11.2. The van der Waals surface area contributed by atoms with E-state index in [-0.39, 0.29) is 17.7 Å². The van der Waals surface area contributed by atoms with E-state index < -0.39 is 0 Å². The van der Waals surface area contributed by atoms with Gasteiger partial charge in [-0.3, -0.25) is 10.3 Å². The minimum Gasteiger partial charge on any atom is -0.475 e. The molecule has 0 saturated carbocycles. The van der Waals surface area contributed by atoms with Gasteiger partial charge >= 0.3 is 0 Å². The highest BCUT2D eigenvalue weighted by Gasteiger charge is 2.24. The number of hydrogen-bond acceptors (Lipinski definition) is 5. The summed E-state index contributed by atoms with van der Waals surface area (Å²) in [7, 11) is 0. The van der Waals surface area contributed by atoms with E-state index in [4.69, 9.17) is 9.47 Å². The molecule has 0 aliphatic carbocycles. The second-order valence-corrected chi connectivity index (χ2v) is 5.88. The first kappa shape index (κ1) is 13.5. The molecule has 2 unspecified atom stereocenters. The summed E-state index contributed by atoms with van der Waals surface area (Å²) in [5, 5.41) is 3.24. The molecule has 5 heteroatoms. The van der Waals surface area contributed by atoms with Crippen molar-refractivity contribution in [2.45, 2.75) is 40.0 Å². The Balaban J connectivity index is 1.75. The fraction of sp³-hybridized carbons (Fsp3) is 0.846. The van der Waals surface area contributed by atoms with Gasteiger partial charge in [-0.15, -0.1) is 0 Å². The predicted molar refractivity (Wildman–Crippen MR) is 72.3 cm³/mol. The lowest BCUT2D eigenvalue weighted by atomic mass is 9.89. The monoisotopic (exact) mass is 253 g/mol. The lowest BCUT2D eigenvalue weighted by Crippen LogP contribution is -2.33. The van der Waals surface area contributed by atoms with E-state index in [1.807, 2.05) is 6.92 Å². The Kier molecular flexibility index (Phi) is 4.02. The number of hydrogen-bond donors (Lipinski definition) is 1. The van der Waals surface area contributed by atoms with Crippen molar-refractivity contribution >= 4 is 11.6 Å². The van der Waals surface area contributed by atoms with Gasteiger partial charge in [-0.05, 0) is 6.92 Å². The molecule has 2 heterocycles. The van der Waals surface area contributed by atoms with Gasteiger partial charge in [-0.1, -0.05) is 20.8 Å². The topological polar surface area (TPSA) is 55.2 Å². The van der Waals surface area contributed by atoms with Crippen LogP contribution in [0.4, 0.5) is 0 Å². The van der Waals surface area contributed by atoms with Crippen molar-refractivity contribution in [3.8, 4) is 0 Å². The molecule has 2 aliphatic heterocycles. The van der Waals surface area contributed by atoms with Gasteiger partial charge in [-0.2, -0.15) is 0 Å². The largest absolute Gasteiger partial charge is 0.475 e. The quantitative estimate of drug-likeness (QED) is 0.805. The third-order valence-electron chi connectivity index (χ3n) is 3.11. The smallest absolute Gasteiger partial charge is 0.206 e. The molecule has 1 fully saturated rings. The third kappa shape index (κ3) is 3.53. The van der Waals surface area contributed by atoms with E-state index in [0.717, 1.165) is 12.3 Å². The Morgan fingerprint density at radius 2 is 2.11 bits per heavy atom. The Morgan fingerprint density at radius 1 is 1.33 bits per heavy atom. The number of aliphatic imine (C=N–C) groups is 2. The van der Waals surface area contributed by atoms with Gasteiger partial charge < -0.3 is 9.47 Å². The van der Waals surface area contributed by atoms with Crippen molar-refractivity contribution < 1.29 is 9.47 Å². The van der Waals surface area contributed by atoms with Crippen molar-refractivity contribution in [2.75, 3.05) is 26.2 Å². The molecule has 0 amide bonds. The Labute approximate surface area is 109 Å². The molecule has 0 bridgehead atoms. The van der Waals surface area contributed by atoms with Crippen LogP contribution in [0, 0.1) is 5.41 Å². The zero-order valence-corrected chi connectivity index (χ0v) is 11.7. The van der Waals surface area contributed by atoms with Gasteiger partial charge in [0.1, 0.15) is 19.4 Å². The molecule has 0 spiro atoms. The van der Waals surface area contributed by atoms with Crippen LogP contribution in [0.25, 0.3) is 0 Å². The Hall–Kier alpha value is -0.940. The average molecular weight is 253 g/mol. The van der Waals surface area contributed by atoms with E-state index >= 15 is 0 Å². The van der Waals surface area contributed by atoms with E-state index in [1.54, 1.807) is 0 Å². The fourth-order valence-corrected chi connectivity index (χ4v) is 1.94. The Bertz CT molecular complexity index is 358. The molecule has 18 heavy (non-hydrogen) atoms. The normalized spacial score (nSPS) is 28.9. The summed E-state index contributed by atoms with van der Waals surface area (Å²) in [6, 6.07) is 0. The highest BCUT2D eigenvalue weighted by atomic mass is 16.6. The third-order valence-corrected chi connectivity index (χ3v) is 3.11. The van der Waals surface area contributed by atoms with Gasteiger partial charge in [0.2, 0.25) is 5.90 Å². The van der Waals surface area contributed by atoms with Crippen LogP contribution >= 0.6 is 0 Å². The summed E-state index contributed by atoms with van der Waals surface area (Å²) in [4.78, 5) is 8.98. The van der Waals surface area contributed by atoms with Gasteiger partial charge in [0.15, 0.2) is 0 Å². The van der Waals surface area contributed by atoms with Crippen molar-refractivity contribution in [3.63, 3.8) is 0 Å². The highest BCUT2D eigenvalue weighted by Crippen LogP contribution is 2.18. The molecular weight excluding hydrogens is 230 g/mol. The lowest BCUT2D eigenvalue weighted by Gasteiger charge is -2.23. The van der Waals surface area contributed by atoms with Crippen LogP contribution in [0.15, 0.2) is 9.98 Å². The molecule has 2 rings (SSSR count). The maximum absolute atomic E-state index is 5.63. The van der Waals surface area contributed by atoms with Crippen molar-refractivity contribution in [1.82, 2.24) is 5.32 Å². The summed E-state index contributed by atoms with van der Waals surface area (Å²) >= 11 is 0. The second kappa shape index (κ2) is 5.36. The van der Waals surface area contributed by atoms with Crippen LogP contribution in [0.1, 0.15) is 27.7 Å². The summed E-state index contributed by atoms with van der Waals surface area (Å²) in [6.07, 6.45) is 0.244. The molecule has 2 aliphatic rings. The average Bonchev–Trinajstić information content (AvgIpc) is 2.72. The van der Waals surface area contributed by atoms with E-state index in [0.29, 0.717) is 25.6 Å². The molecule has 0 aromatic heterocycles. The van der Waals surface area contributed by atoms with Crippen molar-refractivity contribution in [2.24, 2.45) is 15.4 Å². The Morgan fingerprint density at radius 3 is 2.61 bits per heavy atom. The second-order valence-electron chi connectivity index (χ2n) is 5.88. The molecule has 1 N–H and O–H groups in total. The SMILES string of the molecule is CC1CNC(COC2=NCC(C(C)(C)C)=NC2)O1. The first-order valence-electron chi connectivity index (χ1n) is 6.54. The van der Waals surface area contributed by atoms with Gasteiger partial charge in [0, 0.05) is 17.7 Å². The molecule has 2 atom stereocenters. The van der Waals surface area contributed by atoms with Crippen molar-refractivity contribution in [1.29, 1.82) is 0 Å². The number of ether oxygens (including phenoxy) is 2. The number of rotatable bonds is 2. The molecule has 0 aromatic rings. The fourth-order valence-electron chi connectivity index (χ4n) is 1.94. The lowest BCUT2D eigenvalue weighted by molar-refractivity contribution is 0.0171. The minimum absolute atomic E-state index is 0.0179. The summed E-state index contributed by atoms with van der Waals surface area (Å²) in [5.41, 5.74) is 1.24. The molecule has 0 radical (unpaired) electrons. The predicted octanol–water partition coefficient (Wildman–Crippen LogP) is 1.24. The number of nitrogens with zero attached hydrogens (tertiary/aromatic N) is 2. The van der Waals surface area contributed by atoms with E-state index in [1.165, 1.54) is 0 Å². The first-order chi connectivity index (χ1) is 8.45. The van der Waals surface area contributed by atoms with Gasteiger partial charge in [0.25, 0.3) is 0 Å². The van der Waals surface area contributed by atoms with E-state index in [9.17, 15) is 0 Å². The zero-order valence-electron chi connectivity index (χ0n) is 11.7. The zero-order chi connectivity index (χ0) is 13.2. The van der Waals surface area contributed by atoms with Gasteiger partial charge in [0.05, 0.1) is 12.6 Å². The molecule has 1 saturated heterocycles. The highest BCUT2D eigenvalue weighted by molar-refractivity contribution is 5.96. The molecule has 102 valence electrons. The standard InChI is InChI=1S/C13H23N3O2/c1-9-5-15-12(18-9)8-17-11-7-14-10(6-16-11)13(2,3)4/h9,12,15H,5-8H2,1-4H3. The van der Waals surface area contributed by atoms with Gasteiger partial charge in [-0.25, -0.2) is 4.99 Å². The van der Waals surface area contributed by atoms with Crippen LogP contribution in [0.5, 0.6) is 0 Å².